The van der Waals surface area contributed by atoms with Crippen molar-refractivity contribution in [2.75, 3.05) is 26.7 Å². The van der Waals surface area contributed by atoms with Crippen LogP contribution in [0.1, 0.15) is 47.6 Å². The molecule has 4 heterocycles. The van der Waals surface area contributed by atoms with Gasteiger partial charge in [-0.2, -0.15) is 5.10 Å². The van der Waals surface area contributed by atoms with E-state index in [0.29, 0.717) is 24.7 Å². The molecule has 8 nitrogen and oxygen atoms in total. The van der Waals surface area contributed by atoms with Crippen molar-refractivity contribution in [1.29, 1.82) is 0 Å². The van der Waals surface area contributed by atoms with E-state index in [1.165, 1.54) is 0 Å². The monoisotopic (exact) mass is 382 g/mol. The van der Waals surface area contributed by atoms with Gasteiger partial charge >= 0.3 is 0 Å². The first-order valence-electron chi connectivity index (χ1n) is 9.89. The van der Waals surface area contributed by atoms with Gasteiger partial charge in [-0.15, -0.1) is 0 Å². The molecule has 1 N–H and O–H groups in total. The highest BCUT2D eigenvalue weighted by Gasteiger charge is 2.26. The van der Waals surface area contributed by atoms with Crippen molar-refractivity contribution in [1.82, 2.24) is 30.1 Å². The summed E-state index contributed by atoms with van der Waals surface area (Å²) >= 11 is 0. The second-order valence-electron chi connectivity index (χ2n) is 7.42. The van der Waals surface area contributed by atoms with Gasteiger partial charge in [0.05, 0.1) is 12.2 Å². The zero-order valence-electron chi connectivity index (χ0n) is 16.4. The maximum Gasteiger partial charge on any atom is 0.273 e. The number of fused-ring (bicyclic) bond motifs is 1. The molecule has 4 rings (SSSR count). The van der Waals surface area contributed by atoms with E-state index >= 15 is 0 Å². The topological polar surface area (TPSA) is 89.1 Å². The van der Waals surface area contributed by atoms with Crippen LogP contribution in [0.2, 0.25) is 0 Å². The molecule has 1 amide bonds. The summed E-state index contributed by atoms with van der Waals surface area (Å²) < 4.78 is 7.07. The molecule has 0 aromatic carbocycles. The quantitative estimate of drug-likeness (QED) is 0.674. The van der Waals surface area contributed by atoms with E-state index in [4.69, 9.17) is 9.62 Å². The molecule has 0 saturated carbocycles. The van der Waals surface area contributed by atoms with E-state index in [1.807, 2.05) is 10.7 Å². The van der Waals surface area contributed by atoms with E-state index < -0.39 is 0 Å². The molecule has 148 valence electrons. The number of nitrogens with zero attached hydrogens (tertiary/aromatic N) is 5. The van der Waals surface area contributed by atoms with Crippen LogP contribution in [-0.4, -0.2) is 57.4 Å². The lowest BCUT2D eigenvalue weighted by molar-refractivity contribution is 0.0943. The second kappa shape index (κ2) is 8.10. The molecule has 1 fully saturated rings. The number of carbonyl (C=O) groups is 1. The summed E-state index contributed by atoms with van der Waals surface area (Å²) in [5.41, 5.74) is 2.30. The number of carbonyl (C=O) groups excluding carboxylic acids is 1. The molecule has 8 heteroatoms. The fraction of sp³-hybridized carbons (Fsp3) is 0.500. The Balaban J connectivity index is 1.44. The average Bonchev–Trinajstić information content (AvgIpc) is 3.41. The van der Waals surface area contributed by atoms with Gasteiger partial charge in [0.25, 0.3) is 5.91 Å². The van der Waals surface area contributed by atoms with E-state index in [2.05, 4.69) is 40.4 Å². The molecule has 0 aliphatic carbocycles. The highest BCUT2D eigenvalue weighted by atomic mass is 16.5. The van der Waals surface area contributed by atoms with Crippen molar-refractivity contribution in [3.63, 3.8) is 0 Å². The summed E-state index contributed by atoms with van der Waals surface area (Å²) in [6, 6.07) is 5.75. The van der Waals surface area contributed by atoms with Gasteiger partial charge in [0.2, 0.25) is 0 Å². The Bertz CT molecular complexity index is 963. The SMILES string of the molecule is CCCc1cc(C(=O)NCCn2nc([C@@H]3CCN(C)C3)c3cccnc32)no1. The van der Waals surface area contributed by atoms with Crippen molar-refractivity contribution >= 4 is 16.9 Å². The van der Waals surface area contributed by atoms with Gasteiger partial charge in [0.15, 0.2) is 11.3 Å². The van der Waals surface area contributed by atoms with E-state index in [9.17, 15) is 4.79 Å². The Morgan fingerprint density at radius 1 is 1.43 bits per heavy atom. The van der Waals surface area contributed by atoms with Gasteiger partial charge in [-0.1, -0.05) is 12.1 Å². The van der Waals surface area contributed by atoms with Gasteiger partial charge in [0.1, 0.15) is 5.76 Å². The van der Waals surface area contributed by atoms with Crippen LogP contribution in [-0.2, 0) is 13.0 Å². The molecule has 0 unspecified atom stereocenters. The van der Waals surface area contributed by atoms with E-state index in [-0.39, 0.29) is 5.91 Å². The fourth-order valence-corrected chi connectivity index (χ4v) is 3.80. The van der Waals surface area contributed by atoms with Crippen LogP contribution >= 0.6 is 0 Å². The zero-order valence-corrected chi connectivity index (χ0v) is 16.4. The number of hydrogen-bond acceptors (Lipinski definition) is 6. The summed E-state index contributed by atoms with van der Waals surface area (Å²) in [5, 5.41) is 12.7. The largest absolute Gasteiger partial charge is 0.361 e. The lowest BCUT2D eigenvalue weighted by Crippen LogP contribution is -2.27. The summed E-state index contributed by atoms with van der Waals surface area (Å²) in [4.78, 5) is 19.1. The van der Waals surface area contributed by atoms with Crippen LogP contribution in [0.5, 0.6) is 0 Å². The number of amides is 1. The van der Waals surface area contributed by atoms with Gasteiger partial charge in [0, 0.05) is 43.1 Å². The predicted molar refractivity (Wildman–Crippen MR) is 105 cm³/mol. The lowest BCUT2D eigenvalue weighted by Gasteiger charge is -2.08. The minimum atomic E-state index is -0.229. The number of likely N-dealkylation sites (N-methyl/N-ethyl adjacent to an activating group) is 1. The molecule has 3 aromatic heterocycles. The lowest BCUT2D eigenvalue weighted by atomic mass is 10.0. The van der Waals surface area contributed by atoms with Crippen LogP contribution in [0.3, 0.4) is 0 Å². The first-order chi connectivity index (χ1) is 13.7. The highest BCUT2D eigenvalue weighted by Crippen LogP contribution is 2.30. The number of hydrogen-bond donors (Lipinski definition) is 1. The van der Waals surface area contributed by atoms with Gasteiger partial charge < -0.3 is 14.7 Å². The summed E-state index contributed by atoms with van der Waals surface area (Å²) in [6.45, 7) is 5.17. The first kappa shape index (κ1) is 18.6. The molecule has 1 aliphatic heterocycles. The third-order valence-corrected chi connectivity index (χ3v) is 5.21. The van der Waals surface area contributed by atoms with E-state index in [1.54, 1.807) is 12.3 Å². The predicted octanol–water partition coefficient (Wildman–Crippen LogP) is 2.22. The molecular formula is C20H26N6O2. The maximum atomic E-state index is 12.3. The minimum Gasteiger partial charge on any atom is -0.361 e. The fourth-order valence-electron chi connectivity index (χ4n) is 3.80. The number of nitrogens with one attached hydrogen (secondary N) is 1. The molecule has 1 saturated heterocycles. The van der Waals surface area contributed by atoms with Crippen molar-refractivity contribution in [2.45, 2.75) is 38.6 Å². The van der Waals surface area contributed by atoms with E-state index in [0.717, 1.165) is 54.8 Å². The molecule has 1 atom stereocenters. The van der Waals surface area contributed by atoms with Crippen LogP contribution in [0.4, 0.5) is 0 Å². The summed E-state index contributed by atoms with van der Waals surface area (Å²) in [6.07, 6.45) is 4.63. The molecule has 3 aromatic rings. The van der Waals surface area contributed by atoms with Crippen LogP contribution in [0.25, 0.3) is 11.0 Å². The van der Waals surface area contributed by atoms with Gasteiger partial charge in [-0.3, -0.25) is 4.79 Å². The Labute approximate surface area is 163 Å². The van der Waals surface area contributed by atoms with Crippen LogP contribution in [0, 0.1) is 0 Å². The molecule has 0 spiro atoms. The van der Waals surface area contributed by atoms with Crippen molar-refractivity contribution < 1.29 is 9.32 Å². The molecule has 0 bridgehead atoms. The van der Waals surface area contributed by atoms with Crippen molar-refractivity contribution in [3.05, 3.63) is 41.5 Å². The Morgan fingerprint density at radius 3 is 3.11 bits per heavy atom. The third-order valence-electron chi connectivity index (χ3n) is 5.21. The van der Waals surface area contributed by atoms with Gasteiger partial charge in [-0.05, 0) is 38.6 Å². The van der Waals surface area contributed by atoms with Crippen molar-refractivity contribution in [3.8, 4) is 0 Å². The third kappa shape index (κ3) is 3.77. The second-order valence-corrected chi connectivity index (χ2v) is 7.42. The summed E-state index contributed by atoms with van der Waals surface area (Å²) in [7, 11) is 2.14. The van der Waals surface area contributed by atoms with Gasteiger partial charge in [-0.25, -0.2) is 9.67 Å². The molecule has 0 radical (unpaired) electrons. The Kier molecular flexibility index (Phi) is 5.38. The number of rotatable bonds is 7. The van der Waals surface area contributed by atoms with Crippen LogP contribution < -0.4 is 5.32 Å². The molecule has 28 heavy (non-hydrogen) atoms. The standard InChI is InChI=1S/C20H26N6O2/c1-3-5-15-12-17(24-28-15)20(27)22-9-11-26-19-16(6-4-8-21-19)18(23-26)14-7-10-25(2)13-14/h4,6,8,12,14H,3,5,7,9-11,13H2,1-2H3,(H,22,27)/t14-/m1/s1. The molecular weight excluding hydrogens is 356 g/mol. The Morgan fingerprint density at radius 2 is 2.32 bits per heavy atom. The number of aryl methyl sites for hydroxylation is 1. The van der Waals surface area contributed by atoms with Crippen LogP contribution in [0.15, 0.2) is 28.9 Å². The Hall–Kier alpha value is -2.74. The average molecular weight is 382 g/mol. The smallest absolute Gasteiger partial charge is 0.273 e. The maximum absolute atomic E-state index is 12.3. The van der Waals surface area contributed by atoms with Crippen molar-refractivity contribution in [2.24, 2.45) is 0 Å². The first-order valence-corrected chi connectivity index (χ1v) is 9.89. The number of likely N-dealkylation sites (tertiary alicyclic amines) is 1. The highest BCUT2D eigenvalue weighted by molar-refractivity contribution is 5.92. The normalized spacial score (nSPS) is 17.4. The minimum absolute atomic E-state index is 0.229. The number of aromatic nitrogens is 4. The zero-order chi connectivity index (χ0) is 19.5. The number of pyridine rings is 1. The summed E-state index contributed by atoms with van der Waals surface area (Å²) in [5.74, 6) is 0.939. The molecule has 1 aliphatic rings.